The molecule has 4 heteroatoms. The van der Waals surface area contributed by atoms with E-state index in [2.05, 4.69) is 30.7 Å². The summed E-state index contributed by atoms with van der Waals surface area (Å²) in [7, 11) is 1.78. The average molecular weight is 266 g/mol. The first kappa shape index (κ1) is 14.5. The minimum absolute atomic E-state index is 0.0335. The lowest BCUT2D eigenvalue weighted by Crippen LogP contribution is -2.36. The zero-order valence-electron chi connectivity index (χ0n) is 12.6. The number of rotatable bonds is 4. The van der Waals surface area contributed by atoms with Crippen LogP contribution in [0.1, 0.15) is 45.3 Å². The molecule has 0 radical (unpaired) electrons. The van der Waals surface area contributed by atoms with Gasteiger partial charge in [0.1, 0.15) is 5.76 Å². The molecule has 1 saturated heterocycles. The van der Waals surface area contributed by atoms with Crippen molar-refractivity contribution in [3.63, 3.8) is 0 Å². The molecular weight excluding hydrogens is 240 g/mol. The van der Waals surface area contributed by atoms with Crippen molar-refractivity contribution in [2.45, 2.75) is 45.6 Å². The van der Waals surface area contributed by atoms with Crippen LogP contribution in [-0.2, 0) is 16.7 Å². The number of likely N-dealkylation sites (tertiary alicyclic amines) is 1. The summed E-state index contributed by atoms with van der Waals surface area (Å²) in [5.41, 5.74) is 0.0335. The third kappa shape index (κ3) is 4.05. The lowest BCUT2D eigenvalue weighted by Gasteiger charge is -2.31. The third-order valence-electron chi connectivity index (χ3n) is 3.66. The van der Waals surface area contributed by atoms with Crippen LogP contribution in [0.2, 0.25) is 0 Å². The first-order valence-electron chi connectivity index (χ1n) is 7.15. The van der Waals surface area contributed by atoms with Crippen molar-refractivity contribution in [1.29, 1.82) is 0 Å². The molecule has 2 heterocycles. The second-order valence-corrected chi connectivity index (χ2v) is 6.57. The molecule has 19 heavy (non-hydrogen) atoms. The second-order valence-electron chi connectivity index (χ2n) is 6.57. The molecule has 1 aliphatic heterocycles. The van der Waals surface area contributed by atoms with Crippen LogP contribution in [-0.4, -0.2) is 36.7 Å². The fourth-order valence-corrected chi connectivity index (χ4v) is 2.59. The number of methoxy groups -OCH3 is 1. The summed E-state index contributed by atoms with van der Waals surface area (Å²) in [6, 6.07) is 0. The van der Waals surface area contributed by atoms with Gasteiger partial charge in [-0.25, -0.2) is 4.98 Å². The third-order valence-corrected chi connectivity index (χ3v) is 3.66. The molecule has 1 aliphatic rings. The zero-order valence-corrected chi connectivity index (χ0v) is 12.6. The number of oxazole rings is 1. The van der Waals surface area contributed by atoms with Crippen molar-refractivity contribution in [2.75, 3.05) is 26.8 Å². The van der Waals surface area contributed by atoms with Crippen molar-refractivity contribution in [3.8, 4) is 0 Å². The van der Waals surface area contributed by atoms with Crippen LogP contribution >= 0.6 is 0 Å². The highest BCUT2D eigenvalue weighted by molar-refractivity contribution is 5.06. The summed E-state index contributed by atoms with van der Waals surface area (Å²) in [6.07, 6.45) is 4.37. The number of piperidine rings is 1. The van der Waals surface area contributed by atoms with Gasteiger partial charge in [-0.15, -0.1) is 0 Å². The van der Waals surface area contributed by atoms with Gasteiger partial charge in [-0.3, -0.25) is 4.90 Å². The summed E-state index contributed by atoms with van der Waals surface area (Å²) in [5, 5.41) is 0. The molecule has 0 amide bonds. The Bertz CT molecular complexity index is 393. The first-order chi connectivity index (χ1) is 8.99. The average Bonchev–Trinajstić information content (AvgIpc) is 2.78. The topological polar surface area (TPSA) is 38.5 Å². The molecule has 0 bridgehead atoms. The molecule has 0 saturated carbocycles. The van der Waals surface area contributed by atoms with Gasteiger partial charge in [0.15, 0.2) is 0 Å². The minimum atomic E-state index is 0.0335. The lowest BCUT2D eigenvalue weighted by atomic mass is 9.94. The van der Waals surface area contributed by atoms with Gasteiger partial charge in [-0.05, 0) is 25.3 Å². The molecule has 0 spiro atoms. The van der Waals surface area contributed by atoms with Gasteiger partial charge in [-0.2, -0.15) is 0 Å². The molecule has 0 unspecified atom stereocenters. The van der Waals surface area contributed by atoms with E-state index in [1.165, 1.54) is 12.8 Å². The highest BCUT2D eigenvalue weighted by Crippen LogP contribution is 2.24. The Labute approximate surface area is 116 Å². The molecule has 0 aliphatic carbocycles. The molecule has 108 valence electrons. The highest BCUT2D eigenvalue weighted by Gasteiger charge is 2.23. The van der Waals surface area contributed by atoms with E-state index in [-0.39, 0.29) is 5.41 Å². The smallest absolute Gasteiger partial charge is 0.208 e. The second kappa shape index (κ2) is 6.06. The van der Waals surface area contributed by atoms with E-state index in [0.29, 0.717) is 5.92 Å². The Hall–Kier alpha value is -0.870. The van der Waals surface area contributed by atoms with Crippen LogP contribution in [0.4, 0.5) is 0 Å². The van der Waals surface area contributed by atoms with E-state index in [1.54, 1.807) is 7.11 Å². The molecule has 1 fully saturated rings. The van der Waals surface area contributed by atoms with E-state index in [4.69, 9.17) is 9.15 Å². The SMILES string of the molecule is COC[C@H]1CCCN(Cc2ncc(C(C)(C)C)o2)C1. The Morgan fingerprint density at radius 2 is 2.26 bits per heavy atom. The van der Waals surface area contributed by atoms with E-state index >= 15 is 0 Å². The van der Waals surface area contributed by atoms with Crippen LogP contribution in [0, 0.1) is 5.92 Å². The number of ether oxygens (including phenoxy) is 1. The number of nitrogens with zero attached hydrogens (tertiary/aromatic N) is 2. The van der Waals surface area contributed by atoms with Gasteiger partial charge < -0.3 is 9.15 Å². The minimum Gasteiger partial charge on any atom is -0.444 e. The number of hydrogen-bond donors (Lipinski definition) is 0. The molecule has 0 aromatic carbocycles. The summed E-state index contributed by atoms with van der Waals surface area (Å²) >= 11 is 0. The number of aromatic nitrogens is 1. The maximum atomic E-state index is 5.86. The van der Waals surface area contributed by atoms with E-state index in [1.807, 2.05) is 6.20 Å². The largest absolute Gasteiger partial charge is 0.444 e. The summed E-state index contributed by atoms with van der Waals surface area (Å²) in [6.45, 7) is 10.3. The van der Waals surface area contributed by atoms with Gasteiger partial charge in [-0.1, -0.05) is 20.8 Å². The first-order valence-corrected chi connectivity index (χ1v) is 7.15. The maximum Gasteiger partial charge on any atom is 0.208 e. The van der Waals surface area contributed by atoms with Crippen molar-refractivity contribution in [2.24, 2.45) is 5.92 Å². The molecule has 1 aromatic rings. The van der Waals surface area contributed by atoms with E-state index in [9.17, 15) is 0 Å². The van der Waals surface area contributed by atoms with Gasteiger partial charge in [0.25, 0.3) is 0 Å². The molecule has 1 atom stereocenters. The maximum absolute atomic E-state index is 5.86. The van der Waals surface area contributed by atoms with E-state index < -0.39 is 0 Å². The predicted molar refractivity (Wildman–Crippen MR) is 75.1 cm³/mol. The predicted octanol–water partition coefficient (Wildman–Crippen LogP) is 2.83. The van der Waals surface area contributed by atoms with Crippen LogP contribution < -0.4 is 0 Å². The Morgan fingerprint density at radius 1 is 1.47 bits per heavy atom. The molecule has 1 aromatic heterocycles. The fourth-order valence-electron chi connectivity index (χ4n) is 2.59. The van der Waals surface area contributed by atoms with Crippen LogP contribution in [0.3, 0.4) is 0 Å². The molecular formula is C15H26N2O2. The number of hydrogen-bond acceptors (Lipinski definition) is 4. The normalized spacial score (nSPS) is 21.8. The van der Waals surface area contributed by atoms with Crippen molar-refractivity contribution in [1.82, 2.24) is 9.88 Å². The Morgan fingerprint density at radius 3 is 2.89 bits per heavy atom. The quantitative estimate of drug-likeness (QED) is 0.840. The van der Waals surface area contributed by atoms with Crippen LogP contribution in [0.15, 0.2) is 10.6 Å². The standard InChI is InChI=1S/C15H26N2O2/c1-15(2,3)13-8-16-14(19-13)10-17-7-5-6-12(9-17)11-18-4/h8,12H,5-7,9-11H2,1-4H3/t12-/m0/s1. The fraction of sp³-hybridized carbons (Fsp3) is 0.800. The summed E-state index contributed by atoms with van der Waals surface area (Å²) < 4.78 is 11.1. The van der Waals surface area contributed by atoms with Crippen molar-refractivity contribution in [3.05, 3.63) is 17.8 Å². The van der Waals surface area contributed by atoms with Gasteiger partial charge in [0.05, 0.1) is 19.3 Å². The zero-order chi connectivity index (χ0) is 13.9. The summed E-state index contributed by atoms with van der Waals surface area (Å²) in [4.78, 5) is 6.83. The van der Waals surface area contributed by atoms with E-state index in [0.717, 1.165) is 37.9 Å². The van der Waals surface area contributed by atoms with Gasteiger partial charge in [0, 0.05) is 19.1 Å². The van der Waals surface area contributed by atoms with Crippen molar-refractivity contribution < 1.29 is 9.15 Å². The Kier molecular flexibility index (Phi) is 4.63. The molecule has 2 rings (SSSR count). The van der Waals surface area contributed by atoms with Gasteiger partial charge in [0.2, 0.25) is 5.89 Å². The monoisotopic (exact) mass is 266 g/mol. The highest BCUT2D eigenvalue weighted by atomic mass is 16.5. The van der Waals surface area contributed by atoms with Crippen molar-refractivity contribution >= 4 is 0 Å². The summed E-state index contributed by atoms with van der Waals surface area (Å²) in [5.74, 6) is 2.45. The van der Waals surface area contributed by atoms with Crippen LogP contribution in [0.25, 0.3) is 0 Å². The molecule has 4 nitrogen and oxygen atoms in total. The van der Waals surface area contributed by atoms with Gasteiger partial charge >= 0.3 is 0 Å². The lowest BCUT2D eigenvalue weighted by molar-refractivity contribution is 0.0827. The molecule has 0 N–H and O–H groups in total. The van der Waals surface area contributed by atoms with Crippen LogP contribution in [0.5, 0.6) is 0 Å². The Balaban J connectivity index is 1.92.